The van der Waals surface area contributed by atoms with Gasteiger partial charge < -0.3 is 11.1 Å². The second kappa shape index (κ2) is 11.8. The first-order valence-electron chi connectivity index (χ1n) is 12.1. The number of anilines is 1. The van der Waals surface area contributed by atoms with Crippen LogP contribution in [0, 0.1) is 5.92 Å². The maximum absolute atomic E-state index is 13.3. The number of hydrogen-bond acceptors (Lipinski definition) is 6. The number of benzene rings is 1. The number of rotatable bonds is 10. The van der Waals surface area contributed by atoms with Crippen molar-refractivity contribution in [2.45, 2.75) is 52.6 Å². The van der Waals surface area contributed by atoms with E-state index in [0.717, 1.165) is 35.8 Å². The standard InChI is InChI=1S/C25H35N5O4/c1-3-5-13-27-23(32)19-12-9-14-28(16-19)17-20(31)21-22(26)30(15-18-10-7-6-8-11-18)25(34)29(4-2)24(21)33/h6-8,10-11,19H,3-5,9,12-17,26H2,1-2H3,(H,27,32). The minimum absolute atomic E-state index is 0.00913. The van der Waals surface area contributed by atoms with Crippen LogP contribution in [-0.2, 0) is 17.9 Å². The number of amides is 1. The maximum atomic E-state index is 13.3. The van der Waals surface area contributed by atoms with Crippen LogP contribution >= 0.6 is 0 Å². The molecule has 3 N–H and O–H groups in total. The Balaban J connectivity index is 1.82. The first kappa shape index (κ1) is 25.4. The molecule has 9 heteroatoms. The molecular formula is C25H35N5O4. The van der Waals surface area contributed by atoms with Crippen LogP contribution < -0.4 is 22.3 Å². The van der Waals surface area contributed by atoms with Crippen molar-refractivity contribution in [3.05, 3.63) is 62.3 Å². The van der Waals surface area contributed by atoms with Crippen molar-refractivity contribution in [1.29, 1.82) is 0 Å². The molecule has 34 heavy (non-hydrogen) atoms. The number of likely N-dealkylation sites (tertiary alicyclic amines) is 1. The van der Waals surface area contributed by atoms with Gasteiger partial charge in [-0.2, -0.15) is 0 Å². The Morgan fingerprint density at radius 3 is 2.53 bits per heavy atom. The van der Waals surface area contributed by atoms with Crippen LogP contribution in [0.3, 0.4) is 0 Å². The van der Waals surface area contributed by atoms with E-state index in [-0.39, 0.29) is 42.8 Å². The molecule has 2 aromatic rings. The van der Waals surface area contributed by atoms with Crippen molar-refractivity contribution >= 4 is 17.5 Å². The van der Waals surface area contributed by atoms with E-state index in [4.69, 9.17) is 5.73 Å². The number of carbonyl (C=O) groups excluding carboxylic acids is 2. The quantitative estimate of drug-likeness (QED) is 0.402. The van der Waals surface area contributed by atoms with Gasteiger partial charge in [0.1, 0.15) is 11.4 Å². The molecule has 0 radical (unpaired) electrons. The zero-order chi connectivity index (χ0) is 24.7. The summed E-state index contributed by atoms with van der Waals surface area (Å²) >= 11 is 0. The number of ketones is 1. The summed E-state index contributed by atoms with van der Waals surface area (Å²) in [6, 6.07) is 9.28. The Morgan fingerprint density at radius 1 is 1.12 bits per heavy atom. The van der Waals surface area contributed by atoms with E-state index in [0.29, 0.717) is 19.6 Å². The zero-order valence-electron chi connectivity index (χ0n) is 20.1. The summed E-state index contributed by atoms with van der Waals surface area (Å²) in [4.78, 5) is 53.6. The molecule has 1 aromatic carbocycles. The van der Waals surface area contributed by atoms with Crippen LogP contribution in [0.15, 0.2) is 39.9 Å². The fraction of sp³-hybridized carbons (Fsp3) is 0.520. The Kier molecular flexibility index (Phi) is 8.81. The first-order valence-corrected chi connectivity index (χ1v) is 12.1. The Bertz CT molecular complexity index is 1120. The molecule has 184 valence electrons. The predicted octanol–water partition coefficient (Wildman–Crippen LogP) is 1.47. The van der Waals surface area contributed by atoms with Gasteiger partial charge in [-0.25, -0.2) is 4.79 Å². The fourth-order valence-electron chi connectivity index (χ4n) is 4.40. The zero-order valence-corrected chi connectivity index (χ0v) is 20.1. The topological polar surface area (TPSA) is 119 Å². The summed E-state index contributed by atoms with van der Waals surface area (Å²) in [5.41, 5.74) is 5.73. The number of nitrogens with zero attached hydrogens (tertiary/aromatic N) is 3. The van der Waals surface area contributed by atoms with Crippen LogP contribution in [0.1, 0.15) is 55.5 Å². The van der Waals surface area contributed by atoms with E-state index in [1.807, 2.05) is 35.2 Å². The molecule has 0 saturated carbocycles. The molecule has 0 bridgehead atoms. The van der Waals surface area contributed by atoms with Gasteiger partial charge in [-0.15, -0.1) is 0 Å². The molecule has 1 saturated heterocycles. The molecular weight excluding hydrogens is 434 g/mol. The number of piperidine rings is 1. The van der Waals surface area contributed by atoms with Gasteiger partial charge in [0.2, 0.25) is 5.91 Å². The highest BCUT2D eigenvalue weighted by Gasteiger charge is 2.29. The summed E-state index contributed by atoms with van der Waals surface area (Å²) in [7, 11) is 0. The van der Waals surface area contributed by atoms with Crippen molar-refractivity contribution < 1.29 is 9.59 Å². The van der Waals surface area contributed by atoms with Crippen LogP contribution in [0.4, 0.5) is 5.82 Å². The fourth-order valence-corrected chi connectivity index (χ4v) is 4.40. The third kappa shape index (κ3) is 5.83. The number of hydrogen-bond donors (Lipinski definition) is 2. The number of nitrogens with one attached hydrogen (secondary N) is 1. The molecule has 1 unspecified atom stereocenters. The number of nitrogen functional groups attached to an aromatic ring is 1. The smallest absolute Gasteiger partial charge is 0.332 e. The SMILES string of the molecule is CCCCNC(=O)C1CCCN(CC(=O)c2c(N)n(Cc3ccccc3)c(=O)n(CC)c2=O)C1. The summed E-state index contributed by atoms with van der Waals surface area (Å²) < 4.78 is 2.33. The van der Waals surface area contributed by atoms with Gasteiger partial charge in [-0.05, 0) is 38.3 Å². The first-order chi connectivity index (χ1) is 16.4. The van der Waals surface area contributed by atoms with E-state index in [1.54, 1.807) is 6.92 Å². The van der Waals surface area contributed by atoms with Crippen molar-refractivity contribution in [1.82, 2.24) is 19.4 Å². The lowest BCUT2D eigenvalue weighted by Crippen LogP contribution is -2.47. The van der Waals surface area contributed by atoms with Gasteiger partial charge in [0, 0.05) is 19.6 Å². The second-order valence-corrected chi connectivity index (χ2v) is 8.81. The van der Waals surface area contributed by atoms with Crippen LogP contribution in [0.2, 0.25) is 0 Å². The summed E-state index contributed by atoms with van der Waals surface area (Å²) in [5.74, 6) is -0.720. The molecule has 3 rings (SSSR count). The summed E-state index contributed by atoms with van der Waals surface area (Å²) in [5, 5.41) is 2.97. The van der Waals surface area contributed by atoms with Gasteiger partial charge in [-0.1, -0.05) is 43.7 Å². The highest BCUT2D eigenvalue weighted by Crippen LogP contribution is 2.18. The number of carbonyl (C=O) groups is 2. The molecule has 1 aromatic heterocycles. The lowest BCUT2D eigenvalue weighted by atomic mass is 9.96. The van der Waals surface area contributed by atoms with E-state index in [1.165, 1.54) is 4.57 Å². The minimum Gasteiger partial charge on any atom is -0.384 e. The molecule has 1 fully saturated rings. The summed E-state index contributed by atoms with van der Waals surface area (Å²) in [6.07, 6.45) is 3.51. The van der Waals surface area contributed by atoms with Crippen molar-refractivity contribution in [3.63, 3.8) is 0 Å². The monoisotopic (exact) mass is 469 g/mol. The average molecular weight is 470 g/mol. The minimum atomic E-state index is -0.662. The average Bonchev–Trinajstić information content (AvgIpc) is 2.83. The van der Waals surface area contributed by atoms with E-state index < -0.39 is 17.0 Å². The predicted molar refractivity (Wildman–Crippen MR) is 132 cm³/mol. The molecule has 1 atom stereocenters. The van der Waals surface area contributed by atoms with Gasteiger partial charge in [-0.3, -0.25) is 28.4 Å². The van der Waals surface area contributed by atoms with E-state index in [9.17, 15) is 19.2 Å². The Hall–Kier alpha value is -3.20. The summed E-state index contributed by atoms with van der Waals surface area (Å²) in [6.45, 7) is 5.80. The van der Waals surface area contributed by atoms with Crippen LogP contribution in [0.25, 0.3) is 0 Å². The molecule has 1 aliphatic heterocycles. The molecule has 2 heterocycles. The third-order valence-electron chi connectivity index (χ3n) is 6.32. The van der Waals surface area contributed by atoms with Crippen molar-refractivity contribution in [2.75, 3.05) is 31.9 Å². The van der Waals surface area contributed by atoms with E-state index >= 15 is 0 Å². The highest BCUT2D eigenvalue weighted by molar-refractivity contribution is 6.01. The number of Topliss-reactive ketones (excluding diaryl/α,β-unsaturated/α-hetero) is 1. The lowest BCUT2D eigenvalue weighted by Gasteiger charge is -2.31. The van der Waals surface area contributed by atoms with Crippen LogP contribution in [0.5, 0.6) is 0 Å². The molecule has 0 aliphatic carbocycles. The van der Waals surface area contributed by atoms with Crippen molar-refractivity contribution in [3.8, 4) is 0 Å². The maximum Gasteiger partial charge on any atom is 0.332 e. The molecule has 1 aliphatic rings. The van der Waals surface area contributed by atoms with Gasteiger partial charge >= 0.3 is 5.69 Å². The Labute approximate surface area is 199 Å². The number of unbranched alkanes of at least 4 members (excludes halogenated alkanes) is 1. The largest absolute Gasteiger partial charge is 0.384 e. The van der Waals surface area contributed by atoms with Crippen LogP contribution in [-0.4, -0.2) is 51.9 Å². The molecule has 9 nitrogen and oxygen atoms in total. The second-order valence-electron chi connectivity index (χ2n) is 8.81. The van der Waals surface area contributed by atoms with Crippen molar-refractivity contribution in [2.24, 2.45) is 5.92 Å². The number of nitrogens with two attached hydrogens (primary N) is 1. The van der Waals surface area contributed by atoms with E-state index in [2.05, 4.69) is 12.2 Å². The normalized spacial score (nSPS) is 16.4. The third-order valence-corrected chi connectivity index (χ3v) is 6.32. The number of aromatic nitrogens is 2. The molecule has 1 amide bonds. The molecule has 0 spiro atoms. The van der Waals surface area contributed by atoms with Gasteiger partial charge in [0.05, 0.1) is 19.0 Å². The van der Waals surface area contributed by atoms with Gasteiger partial charge in [0.15, 0.2) is 5.78 Å². The Morgan fingerprint density at radius 2 is 1.85 bits per heavy atom. The van der Waals surface area contributed by atoms with Gasteiger partial charge in [0.25, 0.3) is 5.56 Å². The lowest BCUT2D eigenvalue weighted by molar-refractivity contribution is -0.126. The highest BCUT2D eigenvalue weighted by atomic mass is 16.2.